The van der Waals surface area contributed by atoms with Gasteiger partial charge in [-0.2, -0.15) is 0 Å². The van der Waals surface area contributed by atoms with E-state index in [-0.39, 0.29) is 0 Å². The Kier molecular flexibility index (Phi) is 3.11. The number of rotatable bonds is 4. The van der Waals surface area contributed by atoms with Crippen molar-refractivity contribution in [2.75, 3.05) is 5.32 Å². The van der Waals surface area contributed by atoms with Crippen molar-refractivity contribution in [2.24, 2.45) is 5.73 Å². The van der Waals surface area contributed by atoms with Crippen molar-refractivity contribution in [3.63, 3.8) is 0 Å². The van der Waals surface area contributed by atoms with Crippen molar-refractivity contribution < 1.29 is 4.79 Å². The van der Waals surface area contributed by atoms with E-state index in [1.807, 2.05) is 12.1 Å². The van der Waals surface area contributed by atoms with E-state index in [9.17, 15) is 4.79 Å². The lowest BCUT2D eigenvalue weighted by atomic mass is 10.1. The molecule has 0 atom stereocenters. The Morgan fingerprint density at radius 1 is 1.38 bits per heavy atom. The number of nitrogens with two attached hydrogens (primary N) is 1. The van der Waals surface area contributed by atoms with Crippen molar-refractivity contribution >= 4 is 22.4 Å². The first-order valence-corrected chi connectivity index (χ1v) is 5.52. The van der Waals surface area contributed by atoms with Gasteiger partial charge in [-0.3, -0.25) is 4.79 Å². The highest BCUT2D eigenvalue weighted by Crippen LogP contribution is 2.11. The first-order valence-electron chi connectivity index (χ1n) is 4.64. The minimum absolute atomic E-state index is 0.413. The molecule has 16 heavy (non-hydrogen) atoms. The van der Waals surface area contributed by atoms with E-state index in [0.29, 0.717) is 12.1 Å². The normalized spacial score (nSPS) is 10.0. The lowest BCUT2D eigenvalue weighted by molar-refractivity contribution is 0.100. The molecule has 0 unspecified atom stereocenters. The maximum absolute atomic E-state index is 10.8. The Morgan fingerprint density at radius 2 is 2.12 bits per heavy atom. The summed E-state index contributed by atoms with van der Waals surface area (Å²) in [7, 11) is 0. The molecule has 82 valence electrons. The van der Waals surface area contributed by atoms with Gasteiger partial charge >= 0.3 is 0 Å². The lowest BCUT2D eigenvalue weighted by Gasteiger charge is -2.02. The number of benzene rings is 1. The van der Waals surface area contributed by atoms with Crippen molar-refractivity contribution in [1.82, 2.24) is 10.2 Å². The molecule has 2 rings (SSSR count). The third-order valence-corrected chi connectivity index (χ3v) is 2.69. The summed E-state index contributed by atoms with van der Waals surface area (Å²) in [5.41, 5.74) is 8.38. The molecule has 1 amide bonds. The zero-order valence-corrected chi connectivity index (χ0v) is 9.20. The lowest BCUT2D eigenvalue weighted by Crippen LogP contribution is -2.10. The van der Waals surface area contributed by atoms with Crippen LogP contribution in [0, 0.1) is 0 Å². The van der Waals surface area contributed by atoms with Gasteiger partial charge in [-0.05, 0) is 17.7 Å². The van der Waals surface area contributed by atoms with E-state index in [1.165, 1.54) is 11.3 Å². The highest BCUT2D eigenvalue weighted by atomic mass is 32.1. The molecule has 1 aromatic heterocycles. The van der Waals surface area contributed by atoms with Gasteiger partial charge in [0.15, 0.2) is 0 Å². The maximum atomic E-state index is 10.8. The van der Waals surface area contributed by atoms with Crippen molar-refractivity contribution in [3.05, 3.63) is 40.9 Å². The number of hydrogen-bond donors (Lipinski definition) is 2. The molecule has 0 aliphatic carbocycles. The average Bonchev–Trinajstić information content (AvgIpc) is 2.80. The fraction of sp³-hybridized carbons (Fsp3) is 0.100. The molecular formula is C10H10N4OS. The zero-order chi connectivity index (χ0) is 11.4. The zero-order valence-electron chi connectivity index (χ0n) is 8.38. The van der Waals surface area contributed by atoms with Crippen molar-refractivity contribution in [3.8, 4) is 0 Å². The molecule has 0 spiro atoms. The van der Waals surface area contributed by atoms with Crippen LogP contribution >= 0.6 is 11.3 Å². The third kappa shape index (κ3) is 2.54. The largest absolute Gasteiger partial charge is 0.366 e. The molecule has 0 radical (unpaired) electrons. The Bertz CT molecular complexity index is 466. The molecule has 0 aliphatic rings. The van der Waals surface area contributed by atoms with E-state index in [0.717, 1.165) is 10.7 Å². The molecular weight excluding hydrogens is 224 g/mol. The smallest absolute Gasteiger partial charge is 0.248 e. The maximum Gasteiger partial charge on any atom is 0.248 e. The Hall–Kier alpha value is -1.95. The van der Waals surface area contributed by atoms with Gasteiger partial charge in [0.1, 0.15) is 5.51 Å². The number of primary amides is 1. The summed E-state index contributed by atoms with van der Waals surface area (Å²) >= 11 is 1.44. The third-order valence-electron chi connectivity index (χ3n) is 2.04. The van der Waals surface area contributed by atoms with Gasteiger partial charge in [0.05, 0.1) is 0 Å². The molecule has 3 N–H and O–H groups in total. The molecule has 2 aromatic rings. The highest BCUT2D eigenvalue weighted by Gasteiger charge is 2.00. The van der Waals surface area contributed by atoms with Crippen LogP contribution < -0.4 is 11.1 Å². The van der Waals surface area contributed by atoms with Crippen LogP contribution in [0.15, 0.2) is 29.8 Å². The fourth-order valence-corrected chi connectivity index (χ4v) is 1.66. The average molecular weight is 234 g/mol. The first-order chi connectivity index (χ1) is 7.75. The summed E-state index contributed by atoms with van der Waals surface area (Å²) in [6, 6.07) is 7.13. The molecule has 1 heterocycles. The van der Waals surface area contributed by atoms with E-state index >= 15 is 0 Å². The monoisotopic (exact) mass is 234 g/mol. The molecule has 1 aromatic carbocycles. The number of amides is 1. The summed E-state index contributed by atoms with van der Waals surface area (Å²) in [5, 5.41) is 11.5. The van der Waals surface area contributed by atoms with Crippen LogP contribution in [0.4, 0.5) is 5.13 Å². The van der Waals surface area contributed by atoms with Gasteiger partial charge < -0.3 is 11.1 Å². The standard InChI is InChI=1S/C10H10N4OS/c11-9(15)8-3-1-7(2-4-8)5-12-10-14-13-6-16-10/h1-4,6H,5H2,(H2,11,15)(H,12,14). The predicted molar refractivity (Wildman–Crippen MR) is 62.2 cm³/mol. The number of carbonyl (C=O) groups is 1. The minimum Gasteiger partial charge on any atom is -0.366 e. The Labute approximate surface area is 96.3 Å². The van der Waals surface area contributed by atoms with E-state index < -0.39 is 5.91 Å². The van der Waals surface area contributed by atoms with Crippen LogP contribution in [0.2, 0.25) is 0 Å². The second-order valence-electron chi connectivity index (χ2n) is 3.16. The highest BCUT2D eigenvalue weighted by molar-refractivity contribution is 7.13. The van der Waals surface area contributed by atoms with Crippen LogP contribution in [0.5, 0.6) is 0 Å². The van der Waals surface area contributed by atoms with Gasteiger partial charge in [0.2, 0.25) is 11.0 Å². The Balaban J connectivity index is 1.98. The van der Waals surface area contributed by atoms with Crippen molar-refractivity contribution in [1.29, 1.82) is 0 Å². The van der Waals surface area contributed by atoms with Crippen molar-refractivity contribution in [2.45, 2.75) is 6.54 Å². The first kappa shape index (κ1) is 10.6. The number of aromatic nitrogens is 2. The summed E-state index contributed by atoms with van der Waals surface area (Å²) < 4.78 is 0. The van der Waals surface area contributed by atoms with Gasteiger partial charge in [-0.25, -0.2) is 0 Å². The minimum atomic E-state index is -0.413. The summed E-state index contributed by atoms with van der Waals surface area (Å²) in [5.74, 6) is -0.413. The van der Waals surface area contributed by atoms with Crippen LogP contribution in [-0.2, 0) is 6.54 Å². The topological polar surface area (TPSA) is 80.9 Å². The number of nitrogens with one attached hydrogen (secondary N) is 1. The van der Waals surface area contributed by atoms with Crippen LogP contribution in [0.25, 0.3) is 0 Å². The molecule has 5 nitrogen and oxygen atoms in total. The molecule has 0 aliphatic heterocycles. The molecule has 0 saturated carbocycles. The van der Waals surface area contributed by atoms with Gasteiger partial charge in [0.25, 0.3) is 0 Å². The predicted octanol–water partition coefficient (Wildman–Crippen LogP) is 1.25. The van der Waals surface area contributed by atoms with Crippen LogP contribution in [0.1, 0.15) is 15.9 Å². The SMILES string of the molecule is NC(=O)c1ccc(CNc2nncs2)cc1. The number of nitrogens with zero attached hydrogens (tertiary/aromatic N) is 2. The summed E-state index contributed by atoms with van der Waals surface area (Å²) in [4.78, 5) is 10.8. The van der Waals surface area contributed by atoms with Crippen LogP contribution in [0.3, 0.4) is 0 Å². The summed E-state index contributed by atoms with van der Waals surface area (Å²) in [6.07, 6.45) is 0. The van der Waals surface area contributed by atoms with Crippen LogP contribution in [-0.4, -0.2) is 16.1 Å². The second kappa shape index (κ2) is 4.71. The van der Waals surface area contributed by atoms with E-state index in [2.05, 4.69) is 15.5 Å². The van der Waals surface area contributed by atoms with Gasteiger partial charge in [0, 0.05) is 12.1 Å². The quantitative estimate of drug-likeness (QED) is 0.834. The van der Waals surface area contributed by atoms with E-state index in [4.69, 9.17) is 5.73 Å². The number of hydrogen-bond acceptors (Lipinski definition) is 5. The van der Waals surface area contributed by atoms with Gasteiger partial charge in [-0.1, -0.05) is 23.5 Å². The Morgan fingerprint density at radius 3 is 2.69 bits per heavy atom. The van der Waals surface area contributed by atoms with E-state index in [1.54, 1.807) is 17.6 Å². The number of carbonyl (C=O) groups excluding carboxylic acids is 1. The number of anilines is 1. The van der Waals surface area contributed by atoms with Gasteiger partial charge in [-0.15, -0.1) is 10.2 Å². The summed E-state index contributed by atoms with van der Waals surface area (Å²) in [6.45, 7) is 0.647. The second-order valence-corrected chi connectivity index (χ2v) is 3.99. The molecule has 0 bridgehead atoms. The fourth-order valence-electron chi connectivity index (χ4n) is 1.21. The molecule has 6 heteroatoms. The molecule has 0 fully saturated rings. The molecule has 0 saturated heterocycles.